The van der Waals surface area contributed by atoms with Crippen LogP contribution in [0.5, 0.6) is 0 Å². The van der Waals surface area contributed by atoms with Gasteiger partial charge in [-0.1, -0.05) is 0 Å². The van der Waals surface area contributed by atoms with E-state index >= 15 is 0 Å². The molecule has 1 fully saturated rings. The summed E-state index contributed by atoms with van der Waals surface area (Å²) in [6, 6.07) is -0.0194. The van der Waals surface area contributed by atoms with Crippen LogP contribution in [0.25, 0.3) is 0 Å². The fourth-order valence-corrected chi connectivity index (χ4v) is 3.42. The molecular weight excluding hydrogens is 310 g/mol. The molecule has 7 nitrogen and oxygen atoms in total. The quantitative estimate of drug-likeness (QED) is 0.520. The van der Waals surface area contributed by atoms with Crippen LogP contribution in [-0.2, 0) is 9.47 Å². The van der Waals surface area contributed by atoms with Gasteiger partial charge in [0.15, 0.2) is 0 Å². The van der Waals surface area contributed by atoms with Gasteiger partial charge in [0.25, 0.3) is 6.26 Å². The van der Waals surface area contributed by atoms with Gasteiger partial charge in [-0.2, -0.15) is 10.3 Å². The van der Waals surface area contributed by atoms with Crippen LogP contribution >= 0.6 is 0 Å². The van der Waals surface area contributed by atoms with Crippen LogP contribution in [0.2, 0.25) is 0 Å². The number of hydrogen-bond donors (Lipinski definition) is 2. The molecule has 7 heteroatoms. The van der Waals surface area contributed by atoms with E-state index in [4.69, 9.17) is 10.00 Å². The third-order valence-corrected chi connectivity index (χ3v) is 4.40. The summed E-state index contributed by atoms with van der Waals surface area (Å²) in [6.07, 6.45) is 6.10. The van der Waals surface area contributed by atoms with E-state index in [1.807, 2.05) is 27.7 Å². The highest BCUT2D eigenvalue weighted by molar-refractivity contribution is 5.67. The Hall–Kier alpha value is -1.52. The molecule has 0 bridgehead atoms. The maximum atomic E-state index is 11.9. The number of hydroxylamine groups is 2. The standard InChI is InChI=1S/C17H31N3O4/c1-16(2)11-14(12-17(3,4)20(16)22)19-15(21)24-10-8-6-5-7-9-23-13-18/h14,22H,5-12H2,1-4H3,(H,19,21). The molecule has 24 heavy (non-hydrogen) atoms. The van der Waals surface area contributed by atoms with Crippen LogP contribution in [0, 0.1) is 11.5 Å². The molecule has 0 aliphatic carbocycles. The van der Waals surface area contributed by atoms with Crippen molar-refractivity contribution in [1.29, 1.82) is 5.26 Å². The first-order valence-corrected chi connectivity index (χ1v) is 8.62. The number of amides is 1. The Bertz CT molecular complexity index is 428. The Morgan fingerprint density at radius 1 is 1.17 bits per heavy atom. The van der Waals surface area contributed by atoms with Gasteiger partial charge < -0.3 is 20.0 Å². The van der Waals surface area contributed by atoms with Crippen molar-refractivity contribution in [1.82, 2.24) is 10.4 Å². The van der Waals surface area contributed by atoms with Gasteiger partial charge in [-0.25, -0.2) is 4.79 Å². The van der Waals surface area contributed by atoms with Crippen LogP contribution in [0.3, 0.4) is 0 Å². The predicted molar refractivity (Wildman–Crippen MR) is 89.3 cm³/mol. The molecule has 0 aromatic heterocycles. The van der Waals surface area contributed by atoms with Crippen molar-refractivity contribution in [2.24, 2.45) is 0 Å². The number of nitrogens with zero attached hydrogens (tertiary/aromatic N) is 2. The zero-order chi connectivity index (χ0) is 18.2. The first-order valence-electron chi connectivity index (χ1n) is 8.62. The highest BCUT2D eigenvalue weighted by Gasteiger charge is 2.45. The molecule has 1 heterocycles. The summed E-state index contributed by atoms with van der Waals surface area (Å²) < 4.78 is 9.82. The Labute approximate surface area is 144 Å². The van der Waals surface area contributed by atoms with Crippen LogP contribution in [0.1, 0.15) is 66.2 Å². The normalized spacial score (nSPS) is 20.2. The van der Waals surface area contributed by atoms with Gasteiger partial charge in [0, 0.05) is 17.1 Å². The number of nitrogens with one attached hydrogen (secondary N) is 1. The lowest BCUT2D eigenvalue weighted by Crippen LogP contribution is -2.63. The summed E-state index contributed by atoms with van der Waals surface area (Å²) in [5.41, 5.74) is -0.795. The largest absolute Gasteiger partial charge is 0.450 e. The Balaban J connectivity index is 2.22. The average molecular weight is 341 g/mol. The van der Waals surface area contributed by atoms with Crippen molar-refractivity contribution < 1.29 is 19.5 Å². The first kappa shape index (κ1) is 20.5. The lowest BCUT2D eigenvalue weighted by molar-refractivity contribution is -0.245. The number of nitriles is 1. The molecule has 0 aromatic carbocycles. The molecule has 1 aliphatic heterocycles. The van der Waals surface area contributed by atoms with Crippen molar-refractivity contribution in [3.8, 4) is 6.26 Å². The third-order valence-electron chi connectivity index (χ3n) is 4.40. The van der Waals surface area contributed by atoms with E-state index in [9.17, 15) is 10.0 Å². The molecular formula is C17H31N3O4. The van der Waals surface area contributed by atoms with Crippen LogP contribution in [-0.4, -0.2) is 46.7 Å². The van der Waals surface area contributed by atoms with Gasteiger partial charge >= 0.3 is 6.09 Å². The van der Waals surface area contributed by atoms with E-state index in [0.29, 0.717) is 26.1 Å². The lowest BCUT2D eigenvalue weighted by Gasteiger charge is -2.51. The second-order valence-corrected chi connectivity index (χ2v) is 7.68. The zero-order valence-electron chi connectivity index (χ0n) is 15.3. The van der Waals surface area contributed by atoms with Crippen LogP contribution < -0.4 is 5.32 Å². The molecule has 0 radical (unpaired) electrons. The van der Waals surface area contributed by atoms with Crippen molar-refractivity contribution in [3.05, 3.63) is 0 Å². The third kappa shape index (κ3) is 6.54. The minimum atomic E-state index is -0.398. The number of ether oxygens (including phenoxy) is 2. The Morgan fingerprint density at radius 3 is 2.25 bits per heavy atom. The smallest absolute Gasteiger partial charge is 0.407 e. The molecule has 1 saturated heterocycles. The predicted octanol–water partition coefficient (Wildman–Crippen LogP) is 3.18. The summed E-state index contributed by atoms with van der Waals surface area (Å²) in [4.78, 5) is 11.9. The summed E-state index contributed by atoms with van der Waals surface area (Å²) in [5.74, 6) is 0. The lowest BCUT2D eigenvalue weighted by atomic mass is 9.79. The molecule has 138 valence electrons. The number of hydrogen-bond acceptors (Lipinski definition) is 6. The zero-order valence-corrected chi connectivity index (χ0v) is 15.3. The van der Waals surface area contributed by atoms with Gasteiger partial charge in [-0.05, 0) is 66.2 Å². The molecule has 1 aliphatic rings. The molecule has 2 N–H and O–H groups in total. The van der Waals surface area contributed by atoms with Crippen molar-refractivity contribution in [3.63, 3.8) is 0 Å². The summed E-state index contributed by atoms with van der Waals surface area (Å²) in [6.45, 7) is 8.69. The van der Waals surface area contributed by atoms with E-state index in [-0.39, 0.29) is 6.04 Å². The maximum Gasteiger partial charge on any atom is 0.407 e. The minimum absolute atomic E-state index is 0.0194. The van der Waals surface area contributed by atoms with E-state index in [2.05, 4.69) is 10.1 Å². The maximum absolute atomic E-state index is 11.9. The number of carbonyl (C=O) groups is 1. The first-order chi connectivity index (χ1) is 11.2. The Kier molecular flexibility index (Phi) is 7.77. The van der Waals surface area contributed by atoms with E-state index in [0.717, 1.165) is 25.7 Å². The summed E-state index contributed by atoms with van der Waals surface area (Å²) in [7, 11) is 0. The molecule has 0 atom stereocenters. The molecule has 1 rings (SSSR count). The van der Waals surface area contributed by atoms with Crippen molar-refractivity contribution >= 4 is 6.09 Å². The molecule has 0 unspecified atom stereocenters. The summed E-state index contributed by atoms with van der Waals surface area (Å²) in [5, 5.41) is 22.8. The van der Waals surface area contributed by atoms with E-state index in [1.54, 1.807) is 6.26 Å². The van der Waals surface area contributed by atoms with Gasteiger partial charge in [-0.3, -0.25) is 0 Å². The Morgan fingerprint density at radius 2 is 1.71 bits per heavy atom. The highest BCUT2D eigenvalue weighted by Crippen LogP contribution is 2.36. The van der Waals surface area contributed by atoms with Crippen molar-refractivity contribution in [2.75, 3.05) is 13.2 Å². The fourth-order valence-electron chi connectivity index (χ4n) is 3.42. The van der Waals surface area contributed by atoms with Crippen LogP contribution in [0.15, 0.2) is 0 Å². The fraction of sp³-hybridized carbons (Fsp3) is 0.882. The number of carbonyl (C=O) groups excluding carboxylic acids is 1. The minimum Gasteiger partial charge on any atom is -0.450 e. The molecule has 1 amide bonds. The van der Waals surface area contributed by atoms with Crippen molar-refractivity contribution in [2.45, 2.75) is 83.3 Å². The van der Waals surface area contributed by atoms with Crippen LogP contribution in [0.4, 0.5) is 4.79 Å². The SMILES string of the molecule is CC1(C)CC(NC(=O)OCCCCCCOC#N)CC(C)(C)N1O. The summed E-state index contributed by atoms with van der Waals surface area (Å²) >= 11 is 0. The average Bonchev–Trinajstić information content (AvgIpc) is 2.47. The van der Waals surface area contributed by atoms with Gasteiger partial charge in [0.05, 0.1) is 6.61 Å². The monoisotopic (exact) mass is 341 g/mol. The van der Waals surface area contributed by atoms with Gasteiger partial charge in [0.1, 0.15) is 6.61 Å². The van der Waals surface area contributed by atoms with E-state index < -0.39 is 17.2 Å². The number of alkyl carbamates (subject to hydrolysis) is 1. The van der Waals surface area contributed by atoms with Gasteiger partial charge in [-0.15, -0.1) is 0 Å². The number of piperidine rings is 1. The molecule has 0 spiro atoms. The number of unbranched alkanes of at least 4 members (excludes halogenated alkanes) is 3. The molecule has 0 saturated carbocycles. The van der Waals surface area contributed by atoms with E-state index in [1.165, 1.54) is 5.06 Å². The second kappa shape index (κ2) is 9.09. The van der Waals surface area contributed by atoms with Gasteiger partial charge in [0.2, 0.25) is 0 Å². The topological polar surface area (TPSA) is 94.8 Å². The second-order valence-electron chi connectivity index (χ2n) is 7.68. The molecule has 0 aromatic rings. The number of rotatable bonds is 8. The highest BCUT2D eigenvalue weighted by atomic mass is 16.5.